The third-order valence-corrected chi connectivity index (χ3v) is 4.24. The molecule has 0 saturated heterocycles. The quantitative estimate of drug-likeness (QED) is 0.701. The van der Waals surface area contributed by atoms with Crippen molar-refractivity contribution in [1.82, 2.24) is 15.1 Å². The maximum absolute atomic E-state index is 11.8. The van der Waals surface area contributed by atoms with Gasteiger partial charge in [-0.25, -0.2) is 0 Å². The average Bonchev–Trinajstić information content (AvgIpc) is 3.25. The Bertz CT molecular complexity index is 785. The van der Waals surface area contributed by atoms with Gasteiger partial charge in [-0.15, -0.1) is 0 Å². The number of amides is 1. The highest BCUT2D eigenvalue weighted by atomic mass is 35.5. The lowest BCUT2D eigenvalue weighted by atomic mass is 10.2. The molecule has 1 N–H and O–H groups in total. The van der Waals surface area contributed by atoms with Gasteiger partial charge < -0.3 is 10.1 Å². The molecule has 3 aromatic rings. The SMILES string of the molecule is O=C(COc1ccc(Cl)cc1)NCCn1ccc(-c2ccsc2)n1. The van der Waals surface area contributed by atoms with Crippen molar-refractivity contribution in [3.05, 3.63) is 58.4 Å². The van der Waals surface area contributed by atoms with Gasteiger partial charge in [-0.05, 0) is 41.8 Å². The second kappa shape index (κ2) is 7.99. The van der Waals surface area contributed by atoms with Gasteiger partial charge in [0.15, 0.2) is 6.61 Å². The number of ether oxygens (including phenoxy) is 1. The zero-order valence-corrected chi connectivity index (χ0v) is 14.4. The maximum Gasteiger partial charge on any atom is 0.258 e. The van der Waals surface area contributed by atoms with Gasteiger partial charge in [0.25, 0.3) is 5.91 Å². The van der Waals surface area contributed by atoms with Crippen LogP contribution in [-0.4, -0.2) is 28.8 Å². The molecular weight excluding hydrogens is 346 g/mol. The molecule has 0 bridgehead atoms. The Hall–Kier alpha value is -2.31. The molecule has 3 rings (SSSR count). The normalized spacial score (nSPS) is 10.5. The van der Waals surface area contributed by atoms with Crippen molar-refractivity contribution < 1.29 is 9.53 Å². The number of aromatic nitrogens is 2. The Kier molecular flexibility index (Phi) is 5.51. The Morgan fingerprint density at radius 2 is 2.08 bits per heavy atom. The monoisotopic (exact) mass is 361 g/mol. The van der Waals surface area contributed by atoms with Crippen LogP contribution in [0.15, 0.2) is 53.4 Å². The summed E-state index contributed by atoms with van der Waals surface area (Å²) in [6.07, 6.45) is 1.91. The van der Waals surface area contributed by atoms with Gasteiger partial charge in [-0.2, -0.15) is 16.4 Å². The summed E-state index contributed by atoms with van der Waals surface area (Å²) in [7, 11) is 0. The van der Waals surface area contributed by atoms with Crippen LogP contribution < -0.4 is 10.1 Å². The van der Waals surface area contributed by atoms with Gasteiger partial charge in [-0.1, -0.05) is 11.6 Å². The van der Waals surface area contributed by atoms with E-state index in [9.17, 15) is 4.79 Å². The second-order valence-corrected chi connectivity index (χ2v) is 6.29. The highest BCUT2D eigenvalue weighted by molar-refractivity contribution is 7.08. The number of nitrogens with zero attached hydrogens (tertiary/aromatic N) is 2. The molecule has 7 heteroatoms. The van der Waals surface area contributed by atoms with E-state index in [0.29, 0.717) is 23.9 Å². The first kappa shape index (κ1) is 16.5. The van der Waals surface area contributed by atoms with E-state index >= 15 is 0 Å². The topological polar surface area (TPSA) is 56.1 Å². The molecule has 0 spiro atoms. The zero-order valence-electron chi connectivity index (χ0n) is 12.8. The summed E-state index contributed by atoms with van der Waals surface area (Å²) in [4.78, 5) is 11.8. The largest absolute Gasteiger partial charge is 0.484 e. The van der Waals surface area contributed by atoms with E-state index in [2.05, 4.69) is 15.8 Å². The Labute approximate surface area is 148 Å². The molecule has 0 aliphatic heterocycles. The van der Waals surface area contributed by atoms with E-state index < -0.39 is 0 Å². The van der Waals surface area contributed by atoms with Crippen LogP contribution in [0.2, 0.25) is 5.02 Å². The Morgan fingerprint density at radius 3 is 2.83 bits per heavy atom. The van der Waals surface area contributed by atoms with Crippen molar-refractivity contribution in [1.29, 1.82) is 0 Å². The third kappa shape index (κ3) is 4.59. The molecule has 0 saturated carbocycles. The average molecular weight is 362 g/mol. The van der Waals surface area contributed by atoms with Crippen LogP contribution in [-0.2, 0) is 11.3 Å². The fourth-order valence-electron chi connectivity index (χ4n) is 2.09. The molecule has 0 atom stereocenters. The number of carbonyl (C=O) groups excluding carboxylic acids is 1. The van der Waals surface area contributed by atoms with Crippen LogP contribution >= 0.6 is 22.9 Å². The van der Waals surface area contributed by atoms with Crippen LogP contribution in [0.1, 0.15) is 0 Å². The molecule has 24 heavy (non-hydrogen) atoms. The van der Waals surface area contributed by atoms with E-state index in [-0.39, 0.29) is 12.5 Å². The molecule has 5 nitrogen and oxygen atoms in total. The minimum absolute atomic E-state index is 0.0269. The summed E-state index contributed by atoms with van der Waals surface area (Å²) in [6.45, 7) is 1.07. The molecule has 1 amide bonds. The van der Waals surface area contributed by atoms with E-state index in [4.69, 9.17) is 16.3 Å². The van der Waals surface area contributed by atoms with Crippen LogP contribution in [0.4, 0.5) is 0 Å². The van der Waals surface area contributed by atoms with Crippen molar-refractivity contribution in [2.75, 3.05) is 13.2 Å². The van der Waals surface area contributed by atoms with Gasteiger partial charge >= 0.3 is 0 Å². The Balaban J connectivity index is 1.40. The highest BCUT2D eigenvalue weighted by Crippen LogP contribution is 2.19. The predicted molar refractivity (Wildman–Crippen MR) is 95.5 cm³/mol. The van der Waals surface area contributed by atoms with Crippen molar-refractivity contribution in [2.45, 2.75) is 6.54 Å². The van der Waals surface area contributed by atoms with Crippen molar-refractivity contribution in [3.8, 4) is 17.0 Å². The smallest absolute Gasteiger partial charge is 0.258 e. The predicted octanol–water partition coefficient (Wildman–Crippen LogP) is 3.46. The lowest BCUT2D eigenvalue weighted by Gasteiger charge is -2.07. The van der Waals surface area contributed by atoms with Crippen molar-refractivity contribution >= 4 is 28.8 Å². The molecule has 1 aromatic carbocycles. The van der Waals surface area contributed by atoms with E-state index in [0.717, 1.165) is 11.3 Å². The number of hydrogen-bond donors (Lipinski definition) is 1. The molecule has 124 valence electrons. The number of halogens is 1. The lowest BCUT2D eigenvalue weighted by molar-refractivity contribution is -0.123. The highest BCUT2D eigenvalue weighted by Gasteiger charge is 2.05. The summed E-state index contributed by atoms with van der Waals surface area (Å²) >= 11 is 7.44. The zero-order chi connectivity index (χ0) is 16.8. The fourth-order valence-corrected chi connectivity index (χ4v) is 2.87. The molecular formula is C17H16ClN3O2S. The molecule has 2 aromatic heterocycles. The van der Waals surface area contributed by atoms with Gasteiger partial charge in [0, 0.05) is 28.7 Å². The van der Waals surface area contributed by atoms with Crippen LogP contribution in [0.5, 0.6) is 5.75 Å². The number of thiophene rings is 1. The van der Waals surface area contributed by atoms with Gasteiger partial charge in [0.05, 0.1) is 12.2 Å². The van der Waals surface area contributed by atoms with Crippen LogP contribution in [0.3, 0.4) is 0 Å². The molecule has 2 heterocycles. The first-order valence-electron chi connectivity index (χ1n) is 7.42. The molecule has 0 fully saturated rings. The molecule has 0 aliphatic carbocycles. The van der Waals surface area contributed by atoms with Gasteiger partial charge in [-0.3, -0.25) is 9.48 Å². The van der Waals surface area contributed by atoms with E-state index in [1.165, 1.54) is 0 Å². The molecule has 0 aliphatic rings. The summed E-state index contributed by atoms with van der Waals surface area (Å²) in [5.74, 6) is 0.442. The lowest BCUT2D eigenvalue weighted by Crippen LogP contribution is -2.31. The minimum atomic E-state index is -0.171. The van der Waals surface area contributed by atoms with Gasteiger partial charge in [0.1, 0.15) is 5.75 Å². The first-order valence-corrected chi connectivity index (χ1v) is 8.74. The van der Waals surface area contributed by atoms with E-state index in [1.807, 2.05) is 28.4 Å². The van der Waals surface area contributed by atoms with E-state index in [1.54, 1.807) is 35.6 Å². The fraction of sp³-hybridized carbons (Fsp3) is 0.176. The first-order chi connectivity index (χ1) is 11.7. The summed E-state index contributed by atoms with van der Waals surface area (Å²) in [5, 5.41) is 12.0. The molecule has 0 unspecified atom stereocenters. The van der Waals surface area contributed by atoms with Crippen LogP contribution in [0.25, 0.3) is 11.3 Å². The number of benzene rings is 1. The number of nitrogens with one attached hydrogen (secondary N) is 1. The summed E-state index contributed by atoms with van der Waals surface area (Å²) < 4.78 is 7.20. The third-order valence-electron chi connectivity index (χ3n) is 3.30. The van der Waals surface area contributed by atoms with Crippen molar-refractivity contribution in [2.24, 2.45) is 0 Å². The summed E-state index contributed by atoms with van der Waals surface area (Å²) in [5.41, 5.74) is 2.05. The second-order valence-electron chi connectivity index (χ2n) is 5.07. The van der Waals surface area contributed by atoms with Crippen LogP contribution in [0, 0.1) is 0 Å². The van der Waals surface area contributed by atoms with Crippen molar-refractivity contribution in [3.63, 3.8) is 0 Å². The number of rotatable bonds is 7. The molecule has 0 radical (unpaired) electrons. The number of hydrogen-bond acceptors (Lipinski definition) is 4. The maximum atomic E-state index is 11.8. The summed E-state index contributed by atoms with van der Waals surface area (Å²) in [6, 6.07) is 10.9. The minimum Gasteiger partial charge on any atom is -0.484 e. The van der Waals surface area contributed by atoms with Gasteiger partial charge in [0.2, 0.25) is 0 Å². The number of carbonyl (C=O) groups is 1. The standard InChI is InChI=1S/C17H16ClN3O2S/c18-14-1-3-15(4-2-14)23-11-17(22)19-7-9-21-8-5-16(20-21)13-6-10-24-12-13/h1-6,8,10,12H,7,9,11H2,(H,19,22). The Morgan fingerprint density at radius 1 is 1.25 bits per heavy atom.